The molecule has 0 radical (unpaired) electrons. The Morgan fingerprint density at radius 1 is 0.967 bits per heavy atom. The number of ether oxygens (including phenoxy) is 1. The molecule has 30 heavy (non-hydrogen) atoms. The predicted octanol–water partition coefficient (Wildman–Crippen LogP) is 4.71. The Labute approximate surface area is 178 Å². The lowest BCUT2D eigenvalue weighted by Gasteiger charge is -2.42. The fraction of sp³-hybridized carbons (Fsp3) is 0.440. The van der Waals surface area contributed by atoms with Gasteiger partial charge < -0.3 is 15.6 Å². The Bertz CT molecular complexity index is 977. The van der Waals surface area contributed by atoms with Crippen molar-refractivity contribution in [3.63, 3.8) is 0 Å². The minimum atomic E-state index is -1.15. The molecule has 0 amide bonds. The summed E-state index contributed by atoms with van der Waals surface area (Å²) in [6.45, 7) is 10.7. The van der Waals surface area contributed by atoms with Crippen LogP contribution in [0, 0.1) is 0 Å². The molecule has 3 N–H and O–H groups in total. The number of carbonyl (C=O) groups is 2. The molecular formula is C25H31NO4. The number of carboxylic acids is 1. The molecule has 3 rings (SSSR count). The monoisotopic (exact) mass is 409 g/mol. The van der Waals surface area contributed by atoms with Crippen LogP contribution in [0.1, 0.15) is 79.3 Å². The molecule has 1 aliphatic rings. The van der Waals surface area contributed by atoms with Gasteiger partial charge in [-0.2, -0.15) is 0 Å². The second-order valence-electron chi connectivity index (χ2n) is 9.54. The van der Waals surface area contributed by atoms with Crippen LogP contribution in [0.15, 0.2) is 42.5 Å². The van der Waals surface area contributed by atoms with Crippen molar-refractivity contribution in [3.8, 4) is 5.75 Å². The Kier molecular flexibility index (Phi) is 5.79. The second kappa shape index (κ2) is 7.88. The molecule has 2 aromatic rings. The summed E-state index contributed by atoms with van der Waals surface area (Å²) < 4.78 is 6.05. The molecule has 0 heterocycles. The average molecular weight is 410 g/mol. The number of fused-ring (bicyclic) bond motifs is 1. The molecule has 160 valence electrons. The summed E-state index contributed by atoms with van der Waals surface area (Å²) in [4.78, 5) is 24.3. The molecule has 0 bridgehead atoms. The number of ketones is 1. The normalized spacial score (nSPS) is 18.7. The van der Waals surface area contributed by atoms with Crippen LogP contribution in [0.2, 0.25) is 0 Å². The van der Waals surface area contributed by atoms with Crippen LogP contribution in [0.5, 0.6) is 5.75 Å². The fourth-order valence-corrected chi connectivity index (χ4v) is 4.21. The van der Waals surface area contributed by atoms with Gasteiger partial charge in [0.15, 0.2) is 5.78 Å². The highest BCUT2D eigenvalue weighted by atomic mass is 16.5. The summed E-state index contributed by atoms with van der Waals surface area (Å²) in [6, 6.07) is 11.2. The Hall–Kier alpha value is -2.66. The Morgan fingerprint density at radius 3 is 2.13 bits per heavy atom. The summed E-state index contributed by atoms with van der Waals surface area (Å²) in [7, 11) is 0. The van der Waals surface area contributed by atoms with Crippen molar-refractivity contribution in [2.45, 2.75) is 70.4 Å². The van der Waals surface area contributed by atoms with Crippen molar-refractivity contribution in [1.29, 1.82) is 0 Å². The molecule has 2 aromatic carbocycles. The fourth-order valence-electron chi connectivity index (χ4n) is 4.21. The van der Waals surface area contributed by atoms with Crippen molar-refractivity contribution >= 4 is 11.8 Å². The van der Waals surface area contributed by atoms with E-state index in [4.69, 9.17) is 10.5 Å². The standard InChI is InChI=1S/C25H31NO4/c1-15(21(26)22(27)17-8-6-7-9-18(17)23(28)29)30-16-10-11-19-20(14-16)25(4,5)13-12-24(19,2)3/h6-11,14-15,21H,12-13,26H2,1-5H3,(H,28,29)/t15?,21-/m0/s1. The van der Waals surface area contributed by atoms with E-state index in [1.165, 1.54) is 23.3 Å². The number of nitrogens with two attached hydrogens (primary N) is 1. The highest BCUT2D eigenvalue weighted by Crippen LogP contribution is 2.46. The molecule has 0 fully saturated rings. The quantitative estimate of drug-likeness (QED) is 0.674. The van der Waals surface area contributed by atoms with Gasteiger partial charge in [-0.15, -0.1) is 0 Å². The zero-order valence-electron chi connectivity index (χ0n) is 18.4. The van der Waals surface area contributed by atoms with Crippen LogP contribution in [-0.2, 0) is 10.8 Å². The zero-order chi connectivity index (χ0) is 22.3. The smallest absolute Gasteiger partial charge is 0.336 e. The van der Waals surface area contributed by atoms with E-state index < -0.39 is 23.9 Å². The van der Waals surface area contributed by atoms with E-state index in [9.17, 15) is 14.7 Å². The molecule has 5 heteroatoms. The lowest BCUT2D eigenvalue weighted by Crippen LogP contribution is -2.44. The number of aromatic carboxylic acids is 1. The van der Waals surface area contributed by atoms with Crippen LogP contribution in [0.4, 0.5) is 0 Å². The van der Waals surface area contributed by atoms with E-state index in [1.807, 2.05) is 6.07 Å². The van der Waals surface area contributed by atoms with Gasteiger partial charge in [0, 0.05) is 5.56 Å². The van der Waals surface area contributed by atoms with Crippen LogP contribution in [0.25, 0.3) is 0 Å². The maximum Gasteiger partial charge on any atom is 0.336 e. The molecule has 0 saturated heterocycles. The third-order valence-electron chi connectivity index (χ3n) is 6.38. The Balaban J connectivity index is 1.84. The molecule has 0 aliphatic heterocycles. The molecular weight excluding hydrogens is 378 g/mol. The molecule has 1 unspecified atom stereocenters. The predicted molar refractivity (Wildman–Crippen MR) is 118 cm³/mol. The summed E-state index contributed by atoms with van der Waals surface area (Å²) in [6.07, 6.45) is 1.61. The van der Waals surface area contributed by atoms with Crippen LogP contribution >= 0.6 is 0 Å². The van der Waals surface area contributed by atoms with Gasteiger partial charge in [0.05, 0.1) is 5.56 Å². The molecule has 0 spiro atoms. The average Bonchev–Trinajstić information content (AvgIpc) is 2.70. The van der Waals surface area contributed by atoms with Crippen molar-refractivity contribution in [2.75, 3.05) is 0 Å². The van der Waals surface area contributed by atoms with E-state index in [2.05, 4.69) is 39.8 Å². The van der Waals surface area contributed by atoms with E-state index in [0.717, 1.165) is 12.8 Å². The van der Waals surface area contributed by atoms with Crippen LogP contribution < -0.4 is 10.5 Å². The van der Waals surface area contributed by atoms with Gasteiger partial charge in [0.2, 0.25) is 0 Å². The highest BCUT2D eigenvalue weighted by Gasteiger charge is 2.37. The van der Waals surface area contributed by atoms with Gasteiger partial charge in [-0.05, 0) is 59.9 Å². The molecule has 5 nitrogen and oxygen atoms in total. The molecule has 1 aliphatic carbocycles. The van der Waals surface area contributed by atoms with Gasteiger partial charge in [0.25, 0.3) is 0 Å². The summed E-state index contributed by atoms with van der Waals surface area (Å²) in [5.74, 6) is -0.930. The van der Waals surface area contributed by atoms with Crippen LogP contribution in [0.3, 0.4) is 0 Å². The third-order valence-corrected chi connectivity index (χ3v) is 6.38. The maximum atomic E-state index is 12.9. The summed E-state index contributed by atoms with van der Waals surface area (Å²) in [5, 5.41) is 9.35. The minimum absolute atomic E-state index is 0.0474. The van der Waals surface area contributed by atoms with Crippen molar-refractivity contribution < 1.29 is 19.4 Å². The molecule has 2 atom stereocenters. The summed E-state index contributed by atoms with van der Waals surface area (Å²) in [5.41, 5.74) is 8.97. The van der Waals surface area contributed by atoms with Crippen molar-refractivity contribution in [3.05, 3.63) is 64.7 Å². The highest BCUT2D eigenvalue weighted by molar-refractivity contribution is 6.08. The number of hydrogen-bond donors (Lipinski definition) is 2. The Morgan fingerprint density at radius 2 is 1.53 bits per heavy atom. The zero-order valence-corrected chi connectivity index (χ0v) is 18.4. The van der Waals surface area contributed by atoms with Gasteiger partial charge in [-0.1, -0.05) is 52.0 Å². The van der Waals surface area contributed by atoms with Crippen molar-refractivity contribution in [1.82, 2.24) is 0 Å². The number of rotatable bonds is 6. The second-order valence-corrected chi connectivity index (χ2v) is 9.54. The van der Waals surface area contributed by atoms with Gasteiger partial charge in [-0.25, -0.2) is 4.79 Å². The number of carbonyl (C=O) groups excluding carboxylic acids is 1. The molecule has 0 aromatic heterocycles. The number of benzene rings is 2. The first kappa shape index (κ1) is 22.0. The SMILES string of the molecule is CC(Oc1ccc2c(c1)C(C)(C)CCC2(C)C)[C@H](N)C(=O)c1ccccc1C(=O)O. The third kappa shape index (κ3) is 4.12. The maximum absolute atomic E-state index is 12.9. The minimum Gasteiger partial charge on any atom is -0.489 e. The first-order valence-electron chi connectivity index (χ1n) is 10.4. The van der Waals surface area contributed by atoms with Gasteiger partial charge >= 0.3 is 5.97 Å². The van der Waals surface area contributed by atoms with Gasteiger partial charge in [0.1, 0.15) is 17.9 Å². The topological polar surface area (TPSA) is 89.6 Å². The number of carboxylic acid groups (broad SMARTS) is 1. The number of hydrogen-bond acceptors (Lipinski definition) is 4. The van der Waals surface area contributed by atoms with E-state index in [0.29, 0.717) is 5.75 Å². The van der Waals surface area contributed by atoms with E-state index in [-0.39, 0.29) is 22.0 Å². The van der Waals surface area contributed by atoms with E-state index in [1.54, 1.807) is 19.1 Å². The lowest BCUT2D eigenvalue weighted by molar-refractivity contribution is 0.0688. The summed E-state index contributed by atoms with van der Waals surface area (Å²) >= 11 is 0. The lowest BCUT2D eigenvalue weighted by atomic mass is 9.63. The van der Waals surface area contributed by atoms with Gasteiger partial charge in [-0.3, -0.25) is 4.79 Å². The first-order valence-corrected chi connectivity index (χ1v) is 10.4. The first-order chi connectivity index (χ1) is 13.9. The van der Waals surface area contributed by atoms with Crippen molar-refractivity contribution in [2.24, 2.45) is 5.73 Å². The number of Topliss-reactive ketones (excluding diaryl/α,β-unsaturated/α-hetero) is 1. The largest absolute Gasteiger partial charge is 0.489 e. The molecule has 0 saturated carbocycles. The van der Waals surface area contributed by atoms with E-state index >= 15 is 0 Å². The van der Waals surface area contributed by atoms with Crippen LogP contribution in [-0.4, -0.2) is 29.0 Å².